The topological polar surface area (TPSA) is 49.8 Å². The van der Waals surface area contributed by atoms with Gasteiger partial charge in [-0.05, 0) is 48.1 Å². The Hall–Kier alpha value is -2.88. The van der Waals surface area contributed by atoms with E-state index in [1.54, 1.807) is 6.20 Å². The van der Waals surface area contributed by atoms with Crippen molar-refractivity contribution in [1.82, 2.24) is 9.97 Å². The minimum absolute atomic E-state index is 0.531. The zero-order valence-corrected chi connectivity index (χ0v) is 15.4. The highest BCUT2D eigenvalue weighted by atomic mass is 15.1. The molecular weight excluding hydrogens is 320 g/mol. The van der Waals surface area contributed by atoms with E-state index in [1.165, 1.54) is 11.1 Å². The van der Waals surface area contributed by atoms with E-state index in [0.717, 1.165) is 30.9 Å². The Bertz CT molecular complexity index is 798. The Morgan fingerprint density at radius 3 is 2.42 bits per heavy atom. The van der Waals surface area contributed by atoms with Gasteiger partial charge in [-0.3, -0.25) is 0 Å². The third-order valence-electron chi connectivity index (χ3n) is 4.28. The van der Waals surface area contributed by atoms with Crippen LogP contribution in [0.5, 0.6) is 0 Å². The van der Waals surface area contributed by atoms with Crippen LogP contribution in [0.2, 0.25) is 0 Å². The Balaban J connectivity index is 1.51. The van der Waals surface area contributed by atoms with Gasteiger partial charge in [0.15, 0.2) is 0 Å². The number of hydrogen-bond acceptors (Lipinski definition) is 4. The molecule has 1 heterocycles. The van der Waals surface area contributed by atoms with Gasteiger partial charge in [-0.1, -0.05) is 56.3 Å². The van der Waals surface area contributed by atoms with Gasteiger partial charge in [0.1, 0.15) is 5.82 Å². The highest BCUT2D eigenvalue weighted by Gasteiger charge is 2.02. The maximum absolute atomic E-state index is 4.54. The van der Waals surface area contributed by atoms with Gasteiger partial charge in [-0.2, -0.15) is 4.98 Å². The minimum atomic E-state index is 0.531. The van der Waals surface area contributed by atoms with E-state index in [9.17, 15) is 0 Å². The molecule has 2 N–H and O–H groups in total. The van der Waals surface area contributed by atoms with E-state index in [-0.39, 0.29) is 0 Å². The highest BCUT2D eigenvalue weighted by molar-refractivity contribution is 5.55. The Morgan fingerprint density at radius 2 is 1.69 bits per heavy atom. The minimum Gasteiger partial charge on any atom is -0.370 e. The monoisotopic (exact) mass is 346 g/mol. The maximum atomic E-state index is 4.54. The fourth-order valence-corrected chi connectivity index (χ4v) is 2.75. The predicted octanol–water partition coefficient (Wildman–Crippen LogP) is 5.39. The van der Waals surface area contributed by atoms with Crippen LogP contribution in [-0.2, 0) is 6.42 Å². The molecule has 2 aromatic carbocycles. The van der Waals surface area contributed by atoms with Crippen molar-refractivity contribution in [1.29, 1.82) is 0 Å². The molecule has 0 spiro atoms. The number of nitrogens with one attached hydrogen (secondary N) is 2. The van der Waals surface area contributed by atoms with E-state index in [2.05, 4.69) is 83.0 Å². The number of aryl methyl sites for hydroxylation is 1. The molecule has 4 nitrogen and oxygen atoms in total. The largest absolute Gasteiger partial charge is 0.370 e. The molecule has 0 aliphatic rings. The predicted molar refractivity (Wildman–Crippen MR) is 109 cm³/mol. The molecule has 4 heteroatoms. The summed E-state index contributed by atoms with van der Waals surface area (Å²) in [5.41, 5.74) is 3.69. The molecule has 0 fully saturated rings. The van der Waals surface area contributed by atoms with Crippen LogP contribution in [0.15, 0.2) is 66.9 Å². The van der Waals surface area contributed by atoms with E-state index in [4.69, 9.17) is 0 Å². The lowest BCUT2D eigenvalue weighted by atomic mass is 10.0. The second-order valence-electron chi connectivity index (χ2n) is 6.68. The van der Waals surface area contributed by atoms with Gasteiger partial charge in [-0.15, -0.1) is 0 Å². The molecule has 0 saturated carbocycles. The van der Waals surface area contributed by atoms with Crippen molar-refractivity contribution in [3.8, 4) is 0 Å². The molecule has 0 atom stereocenters. The van der Waals surface area contributed by atoms with Gasteiger partial charge in [0.25, 0.3) is 0 Å². The average Bonchev–Trinajstić information content (AvgIpc) is 2.67. The van der Waals surface area contributed by atoms with Gasteiger partial charge < -0.3 is 10.6 Å². The number of aromatic nitrogens is 2. The van der Waals surface area contributed by atoms with Crippen LogP contribution in [0, 0.1) is 0 Å². The summed E-state index contributed by atoms with van der Waals surface area (Å²) in [5, 5.41) is 6.64. The molecule has 3 rings (SSSR count). The van der Waals surface area contributed by atoms with Crippen molar-refractivity contribution in [2.75, 3.05) is 17.2 Å². The summed E-state index contributed by atoms with van der Waals surface area (Å²) in [6.45, 7) is 5.27. The second-order valence-corrected chi connectivity index (χ2v) is 6.68. The van der Waals surface area contributed by atoms with Crippen LogP contribution >= 0.6 is 0 Å². The molecule has 0 aliphatic carbocycles. The molecule has 0 amide bonds. The van der Waals surface area contributed by atoms with Gasteiger partial charge in [0.05, 0.1) is 0 Å². The quantitative estimate of drug-likeness (QED) is 0.537. The van der Waals surface area contributed by atoms with Gasteiger partial charge in [-0.25, -0.2) is 4.98 Å². The van der Waals surface area contributed by atoms with E-state index >= 15 is 0 Å². The fourth-order valence-electron chi connectivity index (χ4n) is 2.75. The summed E-state index contributed by atoms with van der Waals surface area (Å²) in [6, 6.07) is 20.9. The van der Waals surface area contributed by atoms with E-state index in [0.29, 0.717) is 11.9 Å². The van der Waals surface area contributed by atoms with Gasteiger partial charge in [0.2, 0.25) is 5.95 Å². The van der Waals surface area contributed by atoms with Crippen LogP contribution in [0.1, 0.15) is 37.3 Å². The smallest absolute Gasteiger partial charge is 0.229 e. The summed E-state index contributed by atoms with van der Waals surface area (Å²) < 4.78 is 0. The molecule has 0 unspecified atom stereocenters. The maximum Gasteiger partial charge on any atom is 0.229 e. The average molecular weight is 346 g/mol. The molecule has 26 heavy (non-hydrogen) atoms. The molecule has 0 bridgehead atoms. The highest BCUT2D eigenvalue weighted by Crippen LogP contribution is 2.19. The summed E-state index contributed by atoms with van der Waals surface area (Å²) in [7, 11) is 0. The first-order chi connectivity index (χ1) is 12.7. The van der Waals surface area contributed by atoms with Crippen LogP contribution in [0.4, 0.5) is 17.5 Å². The van der Waals surface area contributed by atoms with Crippen molar-refractivity contribution in [3.05, 3.63) is 78.0 Å². The standard InChI is InChI=1S/C22H26N4/c1-17(2)19-10-12-20(13-11-19)25-22-24-16-14-21(26-22)23-15-6-9-18-7-4-3-5-8-18/h3-5,7-8,10-14,16-17H,6,9,15H2,1-2H3,(H2,23,24,25,26). The first-order valence-corrected chi connectivity index (χ1v) is 9.18. The molecule has 0 radical (unpaired) electrons. The third kappa shape index (κ3) is 5.31. The third-order valence-corrected chi connectivity index (χ3v) is 4.28. The fraction of sp³-hybridized carbons (Fsp3) is 0.273. The second kappa shape index (κ2) is 8.99. The molecule has 1 aromatic heterocycles. The normalized spacial score (nSPS) is 10.7. The number of nitrogens with zero attached hydrogens (tertiary/aromatic N) is 2. The summed E-state index contributed by atoms with van der Waals surface area (Å²) in [4.78, 5) is 8.84. The van der Waals surface area contributed by atoms with Crippen molar-refractivity contribution in [2.45, 2.75) is 32.6 Å². The number of benzene rings is 2. The zero-order chi connectivity index (χ0) is 18.2. The zero-order valence-electron chi connectivity index (χ0n) is 15.4. The Kier molecular flexibility index (Phi) is 6.20. The van der Waals surface area contributed by atoms with E-state index in [1.807, 2.05) is 12.1 Å². The van der Waals surface area contributed by atoms with Crippen molar-refractivity contribution in [3.63, 3.8) is 0 Å². The molecule has 0 saturated heterocycles. The summed E-state index contributed by atoms with van der Waals surface area (Å²) in [5.74, 6) is 1.98. The van der Waals surface area contributed by atoms with E-state index < -0.39 is 0 Å². The molecule has 3 aromatic rings. The Morgan fingerprint density at radius 1 is 0.923 bits per heavy atom. The summed E-state index contributed by atoms with van der Waals surface area (Å²) >= 11 is 0. The lowest BCUT2D eigenvalue weighted by Gasteiger charge is -2.10. The van der Waals surface area contributed by atoms with Crippen LogP contribution in [-0.4, -0.2) is 16.5 Å². The molecule has 134 valence electrons. The first-order valence-electron chi connectivity index (χ1n) is 9.18. The van der Waals surface area contributed by atoms with Crippen molar-refractivity contribution >= 4 is 17.5 Å². The van der Waals surface area contributed by atoms with Crippen LogP contribution < -0.4 is 10.6 Å². The lowest BCUT2D eigenvalue weighted by molar-refractivity contribution is 0.858. The number of rotatable bonds is 8. The SMILES string of the molecule is CC(C)c1ccc(Nc2nccc(NCCCc3ccccc3)n2)cc1. The first kappa shape index (κ1) is 17.9. The number of hydrogen-bond donors (Lipinski definition) is 2. The number of anilines is 3. The Labute approximate surface area is 155 Å². The van der Waals surface area contributed by atoms with Crippen molar-refractivity contribution in [2.24, 2.45) is 0 Å². The molecule has 0 aliphatic heterocycles. The van der Waals surface area contributed by atoms with Crippen LogP contribution in [0.3, 0.4) is 0 Å². The van der Waals surface area contributed by atoms with Crippen molar-refractivity contribution < 1.29 is 0 Å². The summed E-state index contributed by atoms with van der Waals surface area (Å²) in [6.07, 6.45) is 3.90. The van der Waals surface area contributed by atoms with Gasteiger partial charge >= 0.3 is 0 Å². The van der Waals surface area contributed by atoms with Gasteiger partial charge in [0, 0.05) is 18.4 Å². The lowest BCUT2D eigenvalue weighted by Crippen LogP contribution is -2.06. The van der Waals surface area contributed by atoms with Crippen LogP contribution in [0.25, 0.3) is 0 Å². The molecular formula is C22H26N4.